The average molecular weight is 872 g/mol. The zero-order valence-corrected chi connectivity index (χ0v) is 35.8. The Kier molecular flexibility index (Phi) is 13.2. The molecule has 18 heteroatoms. The quantitative estimate of drug-likeness (QED) is 0.0523. The lowest BCUT2D eigenvalue weighted by atomic mass is 10.0. The molecule has 3 aliphatic rings. The van der Waals surface area contributed by atoms with E-state index >= 15 is 0 Å². The van der Waals surface area contributed by atoms with Gasteiger partial charge in [-0.25, -0.2) is 9.78 Å². The van der Waals surface area contributed by atoms with E-state index in [1.807, 2.05) is 62.6 Å². The van der Waals surface area contributed by atoms with Crippen molar-refractivity contribution in [3.8, 4) is 11.5 Å². The van der Waals surface area contributed by atoms with Crippen LogP contribution in [0.3, 0.4) is 0 Å². The van der Waals surface area contributed by atoms with Crippen LogP contribution in [0.1, 0.15) is 23.1 Å². The summed E-state index contributed by atoms with van der Waals surface area (Å²) in [5.41, 5.74) is 4.85. The number of methoxy groups -OCH3 is 2. The first-order valence-corrected chi connectivity index (χ1v) is 20.3. The molecule has 0 unspecified atom stereocenters. The summed E-state index contributed by atoms with van der Waals surface area (Å²) >= 11 is 13.7. The second kappa shape index (κ2) is 18.7. The van der Waals surface area contributed by atoms with Crippen LogP contribution in [0.25, 0.3) is 0 Å². The minimum Gasteiger partial charge on any atom is -0.495 e. The lowest BCUT2D eigenvalue weighted by Crippen LogP contribution is -2.48. The Morgan fingerprint density at radius 3 is 2.43 bits per heavy atom. The smallest absolute Gasteiger partial charge is 0.368 e. The topological polar surface area (TPSA) is 165 Å². The van der Waals surface area contributed by atoms with Crippen molar-refractivity contribution in [2.75, 3.05) is 87.7 Å². The van der Waals surface area contributed by atoms with Gasteiger partial charge in [0.05, 0.1) is 72.4 Å². The Bertz CT molecular complexity index is 2390. The summed E-state index contributed by atoms with van der Waals surface area (Å²) in [5.74, 6) is 1.02. The van der Waals surface area contributed by atoms with E-state index < -0.39 is 11.0 Å². The fraction of sp³-hybridized carbons (Fsp3) is 0.326. The second-order valence-electron chi connectivity index (χ2n) is 15.4. The van der Waals surface area contributed by atoms with Crippen LogP contribution in [0.5, 0.6) is 11.5 Å². The Labute approximate surface area is 363 Å². The Morgan fingerprint density at radius 2 is 1.74 bits per heavy atom. The molecule has 1 N–H and O–H groups in total. The molecule has 2 amide bonds. The number of quaternary nitrogens is 1. The minimum absolute atomic E-state index is 0.0492. The summed E-state index contributed by atoms with van der Waals surface area (Å²) in [6.07, 6.45) is 7.11. The van der Waals surface area contributed by atoms with Gasteiger partial charge < -0.3 is 39.0 Å². The number of benzene rings is 3. The van der Waals surface area contributed by atoms with Crippen LogP contribution >= 0.6 is 23.2 Å². The van der Waals surface area contributed by atoms with E-state index in [1.54, 1.807) is 30.6 Å². The van der Waals surface area contributed by atoms with Crippen molar-refractivity contribution in [3.63, 3.8) is 0 Å². The predicted molar refractivity (Wildman–Crippen MR) is 235 cm³/mol. The molecular formula is C43H46Cl2N9O7+. The van der Waals surface area contributed by atoms with Gasteiger partial charge in [-0.1, -0.05) is 52.5 Å². The van der Waals surface area contributed by atoms with E-state index in [0.29, 0.717) is 60.1 Å². The second-order valence-corrected chi connectivity index (χ2v) is 16.1. The number of carbonyl (C=O) groups is 2. The highest BCUT2D eigenvalue weighted by Gasteiger charge is 2.37. The number of fused-ring (bicyclic) bond motifs is 1. The van der Waals surface area contributed by atoms with Crippen molar-refractivity contribution in [3.05, 3.63) is 121 Å². The molecule has 1 saturated heterocycles. The summed E-state index contributed by atoms with van der Waals surface area (Å²) in [5, 5.41) is 14.9. The first-order valence-electron chi connectivity index (χ1n) is 19.6. The van der Waals surface area contributed by atoms with Gasteiger partial charge in [-0.2, -0.15) is 4.98 Å². The third-order valence-electron chi connectivity index (χ3n) is 10.5. The molecule has 318 valence electrons. The van der Waals surface area contributed by atoms with Crippen molar-refractivity contribution in [2.24, 2.45) is 4.99 Å². The molecule has 7 rings (SSSR count). The number of nitro groups is 1. The van der Waals surface area contributed by atoms with Gasteiger partial charge in [0.15, 0.2) is 5.78 Å². The fourth-order valence-electron chi connectivity index (χ4n) is 7.48. The monoisotopic (exact) mass is 870 g/mol. The van der Waals surface area contributed by atoms with Crippen LogP contribution in [0.2, 0.25) is 10.0 Å². The zero-order chi connectivity index (χ0) is 43.3. The molecule has 0 aliphatic carbocycles. The molecule has 4 heterocycles. The number of carbonyl (C=O) groups excluding carboxylic acids is 2. The molecule has 0 radical (unpaired) electrons. The molecule has 0 saturated carbocycles. The van der Waals surface area contributed by atoms with Gasteiger partial charge in [0.25, 0.3) is 0 Å². The zero-order valence-electron chi connectivity index (χ0n) is 34.3. The minimum atomic E-state index is -0.457. The van der Waals surface area contributed by atoms with Gasteiger partial charge in [-0.05, 0) is 52.5 Å². The number of nitrogens with one attached hydrogen (secondary N) is 1. The number of urea groups is 1. The lowest BCUT2D eigenvalue weighted by Gasteiger charge is -2.37. The number of ether oxygens (including phenoxy) is 3. The number of nitrogens with zero attached hydrogens (tertiary/aromatic N) is 8. The van der Waals surface area contributed by atoms with Crippen LogP contribution in [0.4, 0.5) is 33.6 Å². The maximum absolute atomic E-state index is 14.7. The van der Waals surface area contributed by atoms with E-state index in [0.717, 1.165) is 35.6 Å². The Morgan fingerprint density at radius 1 is 1.03 bits per heavy atom. The van der Waals surface area contributed by atoms with Gasteiger partial charge in [0, 0.05) is 55.1 Å². The van der Waals surface area contributed by atoms with Gasteiger partial charge in [0.2, 0.25) is 5.95 Å². The molecule has 0 atom stereocenters. The summed E-state index contributed by atoms with van der Waals surface area (Å²) in [7, 11) is 6.82. The Balaban J connectivity index is 1.13. The van der Waals surface area contributed by atoms with E-state index in [1.165, 1.54) is 24.0 Å². The number of hydrogen-bond donors (Lipinski definition) is 1. The normalized spacial score (nSPS) is 15.4. The maximum atomic E-state index is 14.7. The van der Waals surface area contributed by atoms with E-state index in [2.05, 4.69) is 20.2 Å². The standard InChI is InChI=1S/C43H46Cl2N9O7/c1-54(2,27-30-14-15-46-40(30)53(57)58)18-6-9-34(55)22-28-7-5-8-29(21-28)25-52-41-31(26-51(43(52)56)39-37(44)35(59-3)23-36(60-4)38(39)45)24-47-42(49-41)48-32-10-12-33(13-11-32)50-16-19-61-20-17-50/h5-13,15,21,23-24H,14,16-20,22,25-27H2,1-4H3,(H,47,48,49)/q+1/b9-6+. The number of halogens is 2. The number of aliphatic imine (C=N–C) groups is 1. The summed E-state index contributed by atoms with van der Waals surface area (Å²) in [6, 6.07) is 16.5. The predicted octanol–water partition coefficient (Wildman–Crippen LogP) is 7.23. The third kappa shape index (κ3) is 9.94. The van der Waals surface area contributed by atoms with Crippen molar-refractivity contribution < 1.29 is 33.2 Å². The van der Waals surface area contributed by atoms with Crippen LogP contribution in [-0.2, 0) is 29.0 Å². The molecular weight excluding hydrogens is 825 g/mol. The summed E-state index contributed by atoms with van der Waals surface area (Å²) < 4.78 is 16.9. The van der Waals surface area contributed by atoms with E-state index in [4.69, 9.17) is 42.4 Å². The van der Waals surface area contributed by atoms with Crippen LogP contribution in [0.15, 0.2) is 89.3 Å². The van der Waals surface area contributed by atoms with Gasteiger partial charge in [-0.15, -0.1) is 0 Å². The fourth-order valence-corrected chi connectivity index (χ4v) is 8.18. The maximum Gasteiger partial charge on any atom is 0.368 e. The van der Waals surface area contributed by atoms with Crippen molar-refractivity contribution in [2.45, 2.75) is 25.9 Å². The van der Waals surface area contributed by atoms with Crippen molar-refractivity contribution >= 4 is 70.1 Å². The van der Waals surface area contributed by atoms with Gasteiger partial charge in [-0.3, -0.25) is 14.6 Å². The molecule has 61 heavy (non-hydrogen) atoms. The highest BCUT2D eigenvalue weighted by atomic mass is 35.5. The number of ketones is 1. The van der Waals surface area contributed by atoms with Crippen LogP contribution < -0.4 is 29.5 Å². The van der Waals surface area contributed by atoms with E-state index in [9.17, 15) is 19.7 Å². The molecule has 4 aromatic rings. The molecule has 0 bridgehead atoms. The number of aromatic nitrogens is 2. The molecule has 1 aromatic heterocycles. The SMILES string of the molecule is COc1cc(OC)c(Cl)c(N2Cc3cnc(Nc4ccc(N5CCOCC5)cc4)nc3N(Cc3cccc(CC(=O)/C=C/C[N+](C)(C)CC4=C([N+](=O)[O-])N=CC4)c3)C2=O)c1Cl. The average Bonchev–Trinajstić information content (AvgIpc) is 3.71. The third-order valence-corrected chi connectivity index (χ3v) is 11.2. The van der Waals surface area contributed by atoms with Crippen molar-refractivity contribution in [1.82, 2.24) is 9.97 Å². The number of likely N-dealkylation sites (N-methyl/N-ethyl adjacent to an activating group) is 1. The number of hydrogen-bond acceptors (Lipinski definition) is 12. The van der Waals surface area contributed by atoms with Crippen LogP contribution in [0, 0.1) is 10.1 Å². The number of morpholine rings is 1. The first-order chi connectivity index (χ1) is 29.3. The summed E-state index contributed by atoms with van der Waals surface area (Å²) in [4.78, 5) is 57.5. The summed E-state index contributed by atoms with van der Waals surface area (Å²) in [6.45, 7) is 4.06. The number of allylic oxidation sites excluding steroid dienone is 1. The first kappa shape index (κ1) is 43.0. The van der Waals surface area contributed by atoms with E-state index in [-0.39, 0.29) is 58.3 Å². The van der Waals surface area contributed by atoms with Gasteiger partial charge in [0.1, 0.15) is 40.1 Å². The lowest BCUT2D eigenvalue weighted by molar-refractivity contribution is -0.880. The Hall–Kier alpha value is -6.07. The molecule has 1 fully saturated rings. The van der Waals surface area contributed by atoms with Crippen LogP contribution in [-0.4, -0.2) is 105 Å². The highest BCUT2D eigenvalue weighted by Crippen LogP contribution is 2.48. The number of anilines is 5. The molecule has 16 nitrogen and oxygen atoms in total. The number of rotatable bonds is 16. The molecule has 3 aromatic carbocycles. The highest BCUT2D eigenvalue weighted by molar-refractivity contribution is 6.42. The molecule has 0 spiro atoms. The molecule has 3 aliphatic heterocycles. The van der Waals surface area contributed by atoms with Crippen molar-refractivity contribution in [1.29, 1.82) is 0 Å². The largest absolute Gasteiger partial charge is 0.495 e. The number of amides is 2. The van der Waals surface area contributed by atoms with Gasteiger partial charge >= 0.3 is 11.9 Å².